The second kappa shape index (κ2) is 6.39. The molecule has 14 heavy (non-hydrogen) atoms. The molecule has 0 spiro atoms. The Balaban J connectivity index is 4.39. The van der Waals surface area contributed by atoms with Crippen molar-refractivity contribution in [3.63, 3.8) is 0 Å². The van der Waals surface area contributed by atoms with E-state index in [0.717, 1.165) is 17.6 Å². The molecule has 0 saturated heterocycles. The van der Waals surface area contributed by atoms with Gasteiger partial charge in [0.15, 0.2) is 0 Å². The smallest absolute Gasteiger partial charge is 0.00452 e. The van der Waals surface area contributed by atoms with Gasteiger partial charge in [-0.15, -0.1) is 0 Å². The molecular weight excluding hydrogens is 170 g/mol. The number of nitrogens with two attached hydrogens (primary N) is 1. The maximum Gasteiger partial charge on any atom is 0.00452 e. The fraction of sp³-hybridized carbons (Fsp3) is 0.385. The van der Waals surface area contributed by atoms with Crippen molar-refractivity contribution in [3.8, 4) is 0 Å². The fourth-order valence-electron chi connectivity index (χ4n) is 0.941. The molecule has 2 N–H and O–H groups in total. The van der Waals surface area contributed by atoms with Crippen LogP contribution in [0.2, 0.25) is 0 Å². The monoisotopic (exact) mass is 191 g/mol. The van der Waals surface area contributed by atoms with Crippen LogP contribution < -0.4 is 5.73 Å². The van der Waals surface area contributed by atoms with Crippen molar-refractivity contribution in [1.82, 2.24) is 0 Å². The van der Waals surface area contributed by atoms with Gasteiger partial charge >= 0.3 is 0 Å². The van der Waals surface area contributed by atoms with Crippen molar-refractivity contribution in [2.24, 2.45) is 5.73 Å². The first-order chi connectivity index (χ1) is 6.47. The molecule has 0 rings (SSSR count). The van der Waals surface area contributed by atoms with Crippen molar-refractivity contribution >= 4 is 0 Å². The lowest BCUT2D eigenvalue weighted by atomic mass is 10.0. The van der Waals surface area contributed by atoms with Crippen LogP contribution in [0.1, 0.15) is 27.2 Å². The zero-order valence-electron chi connectivity index (χ0n) is 9.51. The van der Waals surface area contributed by atoms with E-state index in [9.17, 15) is 0 Å². The first kappa shape index (κ1) is 12.9. The van der Waals surface area contributed by atoms with Crippen molar-refractivity contribution in [2.45, 2.75) is 33.2 Å². The molecule has 0 aliphatic heterocycles. The molecule has 1 heteroatoms. The molecular formula is C13H21N. The molecule has 0 saturated carbocycles. The van der Waals surface area contributed by atoms with Gasteiger partial charge in [0.25, 0.3) is 0 Å². The van der Waals surface area contributed by atoms with Gasteiger partial charge in [-0.05, 0) is 38.3 Å². The molecule has 1 atom stereocenters. The second-order valence-corrected chi connectivity index (χ2v) is 3.72. The van der Waals surface area contributed by atoms with Gasteiger partial charge in [0, 0.05) is 6.04 Å². The molecule has 0 amide bonds. The van der Waals surface area contributed by atoms with Crippen molar-refractivity contribution in [1.29, 1.82) is 0 Å². The highest BCUT2D eigenvalue weighted by molar-refractivity contribution is 5.39. The molecule has 78 valence electrons. The van der Waals surface area contributed by atoms with Gasteiger partial charge in [-0.3, -0.25) is 0 Å². The van der Waals surface area contributed by atoms with E-state index in [4.69, 9.17) is 5.73 Å². The summed E-state index contributed by atoms with van der Waals surface area (Å²) in [5, 5.41) is 0. The molecule has 0 aromatic carbocycles. The largest absolute Gasteiger partial charge is 0.328 e. The Kier molecular flexibility index (Phi) is 5.89. The summed E-state index contributed by atoms with van der Waals surface area (Å²) in [4.78, 5) is 0. The zero-order valence-corrected chi connectivity index (χ0v) is 9.51. The van der Waals surface area contributed by atoms with Crippen LogP contribution in [0.15, 0.2) is 48.1 Å². The third kappa shape index (κ3) is 5.55. The molecule has 0 bridgehead atoms. The van der Waals surface area contributed by atoms with Crippen molar-refractivity contribution < 1.29 is 0 Å². The van der Waals surface area contributed by atoms with Crippen LogP contribution >= 0.6 is 0 Å². The Morgan fingerprint density at radius 3 is 2.43 bits per heavy atom. The van der Waals surface area contributed by atoms with Crippen LogP contribution in [-0.4, -0.2) is 6.04 Å². The highest BCUT2D eigenvalue weighted by Crippen LogP contribution is 2.12. The Morgan fingerprint density at radius 2 is 2.00 bits per heavy atom. The lowest BCUT2D eigenvalue weighted by molar-refractivity contribution is 0.754. The van der Waals surface area contributed by atoms with Gasteiger partial charge in [-0.1, -0.05) is 37.0 Å². The quantitative estimate of drug-likeness (QED) is 0.662. The van der Waals surface area contributed by atoms with Gasteiger partial charge in [-0.25, -0.2) is 0 Å². The third-order valence-corrected chi connectivity index (χ3v) is 2.03. The Labute approximate surface area is 87.7 Å². The van der Waals surface area contributed by atoms with Crippen molar-refractivity contribution in [2.75, 3.05) is 0 Å². The summed E-state index contributed by atoms with van der Waals surface area (Å²) >= 11 is 0. The maximum absolute atomic E-state index is 5.66. The molecule has 0 aliphatic carbocycles. The van der Waals surface area contributed by atoms with Gasteiger partial charge in [0.2, 0.25) is 0 Å². The first-order valence-corrected chi connectivity index (χ1v) is 4.89. The third-order valence-electron chi connectivity index (χ3n) is 2.03. The summed E-state index contributed by atoms with van der Waals surface area (Å²) in [6.45, 7) is 13.7. The van der Waals surface area contributed by atoms with Crippen LogP contribution in [-0.2, 0) is 0 Å². The predicted molar refractivity (Wildman–Crippen MR) is 65.1 cm³/mol. The number of rotatable bonds is 5. The van der Waals surface area contributed by atoms with Crippen LogP contribution in [0.3, 0.4) is 0 Å². The minimum Gasteiger partial charge on any atom is -0.328 e. The Morgan fingerprint density at radius 1 is 1.43 bits per heavy atom. The lowest BCUT2D eigenvalue weighted by Crippen LogP contribution is -2.13. The summed E-state index contributed by atoms with van der Waals surface area (Å²) in [6.07, 6.45) is 6.87. The van der Waals surface area contributed by atoms with E-state index >= 15 is 0 Å². The van der Waals surface area contributed by atoms with E-state index in [0.29, 0.717) is 0 Å². The molecule has 1 nitrogen and oxygen atoms in total. The minimum absolute atomic E-state index is 0.210. The Hall–Kier alpha value is -1.08. The standard InChI is InChI=1S/C13H21N/c1-6-10(2)9-12(4)11(3)7-8-13(5)14/h6-7,9,13H,1,4,8,14H2,2-3,5H3/b10-9-,11-7+. The van der Waals surface area contributed by atoms with E-state index in [1.165, 1.54) is 5.57 Å². The normalized spacial score (nSPS) is 15.1. The van der Waals surface area contributed by atoms with Gasteiger partial charge < -0.3 is 5.73 Å². The summed E-state index contributed by atoms with van der Waals surface area (Å²) in [6, 6.07) is 0.210. The van der Waals surface area contributed by atoms with Crippen LogP contribution in [0, 0.1) is 0 Å². The predicted octanol–water partition coefficient (Wildman–Crippen LogP) is 3.36. The summed E-state index contributed by atoms with van der Waals surface area (Å²) < 4.78 is 0. The van der Waals surface area contributed by atoms with Crippen molar-refractivity contribution in [3.05, 3.63) is 48.1 Å². The number of allylic oxidation sites excluding steroid dienone is 5. The van der Waals surface area contributed by atoms with Gasteiger partial charge in [-0.2, -0.15) is 0 Å². The summed E-state index contributed by atoms with van der Waals surface area (Å²) in [5.41, 5.74) is 9.01. The van der Waals surface area contributed by atoms with E-state index in [2.05, 4.69) is 26.2 Å². The zero-order chi connectivity index (χ0) is 11.1. The average molecular weight is 191 g/mol. The minimum atomic E-state index is 0.210. The van der Waals surface area contributed by atoms with E-state index in [1.807, 2.05) is 26.0 Å². The van der Waals surface area contributed by atoms with Crippen LogP contribution in [0.25, 0.3) is 0 Å². The van der Waals surface area contributed by atoms with E-state index in [-0.39, 0.29) is 6.04 Å². The Bertz CT molecular complexity index is 267. The van der Waals surface area contributed by atoms with Gasteiger partial charge in [0.1, 0.15) is 0 Å². The maximum atomic E-state index is 5.66. The number of hydrogen-bond donors (Lipinski definition) is 1. The van der Waals surface area contributed by atoms with E-state index < -0.39 is 0 Å². The highest BCUT2D eigenvalue weighted by Gasteiger charge is 1.95. The van der Waals surface area contributed by atoms with Gasteiger partial charge in [0.05, 0.1) is 0 Å². The first-order valence-electron chi connectivity index (χ1n) is 4.89. The van der Waals surface area contributed by atoms with Crippen LogP contribution in [0.5, 0.6) is 0 Å². The molecule has 0 aliphatic rings. The van der Waals surface area contributed by atoms with Crippen LogP contribution in [0.4, 0.5) is 0 Å². The molecule has 0 heterocycles. The average Bonchev–Trinajstić information content (AvgIpc) is 2.13. The SMILES string of the molecule is C=C/C(C)=C\C(=C)/C(C)=C/CC(C)N. The highest BCUT2D eigenvalue weighted by atomic mass is 14.6. The fourth-order valence-corrected chi connectivity index (χ4v) is 0.941. The molecule has 0 radical (unpaired) electrons. The second-order valence-electron chi connectivity index (χ2n) is 3.72. The summed E-state index contributed by atoms with van der Waals surface area (Å²) in [5.74, 6) is 0. The summed E-state index contributed by atoms with van der Waals surface area (Å²) in [7, 11) is 0. The molecule has 0 aromatic rings. The molecule has 0 aromatic heterocycles. The topological polar surface area (TPSA) is 26.0 Å². The molecule has 1 unspecified atom stereocenters. The molecule has 0 fully saturated rings. The van der Waals surface area contributed by atoms with E-state index in [1.54, 1.807) is 0 Å². The number of hydrogen-bond acceptors (Lipinski definition) is 1. The lowest BCUT2D eigenvalue weighted by Gasteiger charge is -2.04.